The van der Waals surface area contributed by atoms with Gasteiger partial charge in [-0.3, -0.25) is 20.4 Å². The number of rotatable bonds is 6. The van der Waals surface area contributed by atoms with E-state index in [0.717, 1.165) is 61.3 Å². The molecule has 0 saturated heterocycles. The minimum absolute atomic E-state index is 0.0632. The van der Waals surface area contributed by atoms with E-state index in [1.807, 2.05) is 0 Å². The first kappa shape index (κ1) is 20.3. The van der Waals surface area contributed by atoms with Gasteiger partial charge in [-0.1, -0.05) is 0 Å². The molecule has 0 radical (unpaired) electrons. The summed E-state index contributed by atoms with van der Waals surface area (Å²) in [6.45, 7) is -0.530. The molecule has 4 bridgehead atoms. The van der Waals surface area contributed by atoms with Gasteiger partial charge in [0.1, 0.15) is 5.82 Å². The van der Waals surface area contributed by atoms with Crippen LogP contribution in [0, 0.1) is 29.0 Å². The van der Waals surface area contributed by atoms with Gasteiger partial charge in [0.25, 0.3) is 5.91 Å². The lowest BCUT2D eigenvalue weighted by atomic mass is 9.49. The summed E-state index contributed by atoms with van der Waals surface area (Å²) in [6.07, 6.45) is 7.58. The van der Waals surface area contributed by atoms with Crippen molar-refractivity contribution >= 4 is 21.8 Å². The van der Waals surface area contributed by atoms with Gasteiger partial charge in [0.15, 0.2) is 0 Å². The third-order valence-corrected chi connectivity index (χ3v) is 8.01. The Hall–Kier alpha value is -2.00. The Labute approximate surface area is 169 Å². The summed E-state index contributed by atoms with van der Waals surface area (Å²) < 4.78 is 39.2. The topological polar surface area (TPSA) is 104 Å². The van der Waals surface area contributed by atoms with Gasteiger partial charge in [0.05, 0.1) is 11.4 Å². The van der Waals surface area contributed by atoms with Crippen molar-refractivity contribution in [2.24, 2.45) is 23.2 Å². The summed E-state index contributed by atoms with van der Waals surface area (Å²) in [6, 6.07) is 4.28. The first-order valence-corrected chi connectivity index (χ1v) is 11.5. The van der Waals surface area contributed by atoms with Gasteiger partial charge in [0.2, 0.25) is 15.9 Å². The first-order valence-electron chi connectivity index (χ1n) is 10.1. The van der Waals surface area contributed by atoms with E-state index < -0.39 is 28.3 Å². The largest absolute Gasteiger partial charge is 0.273 e. The lowest BCUT2D eigenvalue weighted by Gasteiger charge is -2.56. The number of halogens is 1. The van der Waals surface area contributed by atoms with Crippen LogP contribution in [0.15, 0.2) is 29.2 Å². The van der Waals surface area contributed by atoms with E-state index in [2.05, 4.69) is 15.6 Å². The van der Waals surface area contributed by atoms with Crippen molar-refractivity contribution in [3.8, 4) is 0 Å². The van der Waals surface area contributed by atoms with Crippen molar-refractivity contribution in [2.75, 3.05) is 6.54 Å². The fourth-order valence-corrected chi connectivity index (χ4v) is 6.91. The van der Waals surface area contributed by atoms with E-state index in [1.165, 1.54) is 19.3 Å². The molecular weight excluding hydrogens is 397 g/mol. The monoisotopic (exact) mass is 423 g/mol. The van der Waals surface area contributed by atoms with Gasteiger partial charge in [0, 0.05) is 6.42 Å². The molecule has 1 aromatic rings. The maximum Gasteiger partial charge on any atom is 0.253 e. The molecule has 1 aromatic carbocycles. The third-order valence-electron chi connectivity index (χ3n) is 6.59. The smallest absolute Gasteiger partial charge is 0.253 e. The second-order valence-electron chi connectivity index (χ2n) is 8.97. The Bertz CT molecular complexity index is 866. The second kappa shape index (κ2) is 7.68. The van der Waals surface area contributed by atoms with Crippen LogP contribution in [-0.4, -0.2) is 26.8 Å². The summed E-state index contributed by atoms with van der Waals surface area (Å²) in [5.74, 6) is 0.762. The summed E-state index contributed by atoms with van der Waals surface area (Å²) in [5.41, 5.74) is 4.75. The maximum absolute atomic E-state index is 12.9. The van der Waals surface area contributed by atoms with Crippen LogP contribution in [0.25, 0.3) is 0 Å². The lowest BCUT2D eigenvalue weighted by molar-refractivity contribution is -0.133. The van der Waals surface area contributed by atoms with E-state index >= 15 is 0 Å². The van der Waals surface area contributed by atoms with Crippen LogP contribution in [-0.2, 0) is 19.6 Å². The fourth-order valence-electron chi connectivity index (χ4n) is 5.93. The number of hydrazine groups is 1. The van der Waals surface area contributed by atoms with Gasteiger partial charge >= 0.3 is 0 Å². The molecular formula is C20H26FN3O4S. The normalized spacial score (nSPS) is 30.2. The molecule has 4 aliphatic carbocycles. The van der Waals surface area contributed by atoms with Crippen LogP contribution >= 0.6 is 0 Å². The number of nitrogens with one attached hydrogen (secondary N) is 3. The number of benzene rings is 1. The minimum Gasteiger partial charge on any atom is -0.273 e. The standard InChI is InChI=1S/C20H26FN3O4S/c21-16-1-3-17(4-2-16)29(27,28)22-12-19(26)24-23-18(25)11-20-8-13-5-14(9-20)7-15(6-13)10-20/h1-4,13-15,22H,5-12H2,(H,23,25)(H,24,26). The van der Waals surface area contributed by atoms with Gasteiger partial charge in [-0.15, -0.1) is 0 Å². The molecule has 7 nitrogen and oxygen atoms in total. The van der Waals surface area contributed by atoms with E-state index in [1.54, 1.807) is 0 Å². The molecule has 2 amide bonds. The lowest BCUT2D eigenvalue weighted by Crippen LogP contribution is -2.51. The predicted octanol–water partition coefficient (Wildman–Crippen LogP) is 1.86. The molecule has 0 aromatic heterocycles. The average Bonchev–Trinajstić information content (AvgIpc) is 2.63. The molecule has 0 spiro atoms. The van der Waals surface area contributed by atoms with Crippen LogP contribution in [0.3, 0.4) is 0 Å². The molecule has 0 aliphatic heterocycles. The maximum atomic E-state index is 12.9. The highest BCUT2D eigenvalue weighted by molar-refractivity contribution is 7.89. The van der Waals surface area contributed by atoms with Crippen LogP contribution in [0.5, 0.6) is 0 Å². The Morgan fingerprint density at radius 1 is 0.931 bits per heavy atom. The summed E-state index contributed by atoms with van der Waals surface area (Å²) in [4.78, 5) is 24.2. The number of hydrogen-bond donors (Lipinski definition) is 3. The number of carbonyl (C=O) groups is 2. The van der Waals surface area contributed by atoms with Crippen LogP contribution in [0.4, 0.5) is 4.39 Å². The van der Waals surface area contributed by atoms with Crippen molar-refractivity contribution in [3.05, 3.63) is 30.1 Å². The second-order valence-corrected chi connectivity index (χ2v) is 10.7. The molecule has 0 unspecified atom stereocenters. The first-order chi connectivity index (χ1) is 13.7. The molecule has 9 heteroatoms. The highest BCUT2D eigenvalue weighted by Crippen LogP contribution is 2.61. The van der Waals surface area contributed by atoms with Crippen molar-refractivity contribution < 1.29 is 22.4 Å². The Morgan fingerprint density at radius 2 is 1.45 bits per heavy atom. The predicted molar refractivity (Wildman–Crippen MR) is 103 cm³/mol. The van der Waals surface area contributed by atoms with E-state index in [0.29, 0.717) is 6.42 Å². The van der Waals surface area contributed by atoms with Crippen molar-refractivity contribution in [3.63, 3.8) is 0 Å². The highest BCUT2D eigenvalue weighted by atomic mass is 32.2. The molecule has 29 heavy (non-hydrogen) atoms. The number of carbonyl (C=O) groups excluding carboxylic acids is 2. The number of hydrogen-bond acceptors (Lipinski definition) is 4. The zero-order chi connectivity index (χ0) is 20.6. The molecule has 3 N–H and O–H groups in total. The van der Waals surface area contributed by atoms with E-state index in [9.17, 15) is 22.4 Å². The molecule has 158 valence electrons. The molecule has 4 fully saturated rings. The SMILES string of the molecule is O=C(CNS(=O)(=O)c1ccc(F)cc1)NNC(=O)CC12CC3CC(CC(C3)C1)C2. The Morgan fingerprint density at radius 3 is 2.00 bits per heavy atom. The Balaban J connectivity index is 1.23. The molecule has 0 atom stereocenters. The summed E-state index contributed by atoms with van der Waals surface area (Å²) >= 11 is 0. The zero-order valence-corrected chi connectivity index (χ0v) is 16.9. The van der Waals surface area contributed by atoms with Crippen LogP contribution < -0.4 is 15.6 Å². The minimum atomic E-state index is -3.94. The zero-order valence-electron chi connectivity index (χ0n) is 16.1. The van der Waals surface area contributed by atoms with E-state index in [-0.39, 0.29) is 16.2 Å². The van der Waals surface area contributed by atoms with Crippen molar-refractivity contribution in [1.82, 2.24) is 15.6 Å². The van der Waals surface area contributed by atoms with Crippen molar-refractivity contribution in [1.29, 1.82) is 0 Å². The van der Waals surface area contributed by atoms with Crippen LogP contribution in [0.1, 0.15) is 44.9 Å². The van der Waals surface area contributed by atoms with Gasteiger partial charge in [-0.2, -0.15) is 0 Å². The fraction of sp³-hybridized carbons (Fsp3) is 0.600. The number of sulfonamides is 1. The number of amides is 2. The summed E-state index contributed by atoms with van der Waals surface area (Å²) in [7, 11) is -3.94. The highest BCUT2D eigenvalue weighted by Gasteiger charge is 2.51. The van der Waals surface area contributed by atoms with Crippen LogP contribution in [0.2, 0.25) is 0 Å². The third kappa shape index (κ3) is 4.61. The van der Waals surface area contributed by atoms with Gasteiger partial charge in [-0.25, -0.2) is 17.5 Å². The van der Waals surface area contributed by atoms with E-state index in [4.69, 9.17) is 0 Å². The molecule has 5 rings (SSSR count). The molecule has 4 saturated carbocycles. The van der Waals surface area contributed by atoms with Crippen molar-refractivity contribution in [2.45, 2.75) is 49.8 Å². The Kier molecular flexibility index (Phi) is 5.37. The van der Waals surface area contributed by atoms with Gasteiger partial charge in [-0.05, 0) is 86.0 Å². The quantitative estimate of drug-likeness (QED) is 0.608. The summed E-state index contributed by atoms with van der Waals surface area (Å²) in [5, 5.41) is 0. The van der Waals surface area contributed by atoms with Gasteiger partial charge < -0.3 is 0 Å². The average molecular weight is 424 g/mol. The molecule has 0 heterocycles. The molecule has 4 aliphatic rings.